The molecule has 0 fully saturated rings. The fraction of sp³-hybridized carbons (Fsp3) is 0.387. The van der Waals surface area contributed by atoms with Crippen LogP contribution in [0.25, 0.3) is 16.7 Å². The van der Waals surface area contributed by atoms with Crippen molar-refractivity contribution in [3.63, 3.8) is 0 Å². The number of para-hydroxylation sites is 1. The number of esters is 1. The minimum absolute atomic E-state index is 0.0478. The van der Waals surface area contributed by atoms with Crippen molar-refractivity contribution in [2.24, 2.45) is 0 Å². The lowest BCUT2D eigenvalue weighted by atomic mass is 9.89. The number of nitrogens with zero attached hydrogens (tertiary/aromatic N) is 3. The molecule has 0 radical (unpaired) electrons. The second-order valence-corrected chi connectivity index (χ2v) is 13.9. The lowest BCUT2D eigenvalue weighted by Gasteiger charge is -2.36. The van der Waals surface area contributed by atoms with E-state index in [4.69, 9.17) is 13.8 Å². The maximum atomic E-state index is 16.7. The summed E-state index contributed by atoms with van der Waals surface area (Å²) in [5.41, 5.74) is -4.79. The maximum absolute atomic E-state index is 16.7. The monoisotopic (exact) mass is 599 g/mol. The molecule has 1 aromatic heterocycles. The molecule has 42 heavy (non-hydrogen) atoms. The summed E-state index contributed by atoms with van der Waals surface area (Å²) < 4.78 is 65.3. The van der Waals surface area contributed by atoms with Crippen LogP contribution < -0.4 is 0 Å². The number of alkyl halides is 2. The quantitative estimate of drug-likeness (QED) is 0.143. The van der Waals surface area contributed by atoms with Crippen LogP contribution in [0.1, 0.15) is 64.2 Å². The first-order valence-electron chi connectivity index (χ1n) is 13.5. The van der Waals surface area contributed by atoms with Crippen molar-refractivity contribution in [1.82, 2.24) is 15.0 Å². The maximum Gasteiger partial charge on any atom is 0.405 e. The van der Waals surface area contributed by atoms with Crippen molar-refractivity contribution in [2.75, 3.05) is 7.11 Å². The van der Waals surface area contributed by atoms with Gasteiger partial charge in [0.2, 0.25) is 0 Å². The van der Waals surface area contributed by atoms with Crippen molar-refractivity contribution >= 4 is 24.6 Å². The lowest BCUT2D eigenvalue weighted by molar-refractivity contribution is -0.142. The third-order valence-corrected chi connectivity index (χ3v) is 8.76. The summed E-state index contributed by atoms with van der Waals surface area (Å²) in [6.45, 7) is 9.19. The molecule has 0 aliphatic rings. The van der Waals surface area contributed by atoms with Gasteiger partial charge in [0.05, 0.1) is 35.4 Å². The zero-order valence-corrected chi connectivity index (χ0v) is 25.7. The van der Waals surface area contributed by atoms with Crippen molar-refractivity contribution in [3.05, 3.63) is 89.5 Å². The molecule has 224 valence electrons. The van der Waals surface area contributed by atoms with E-state index < -0.39 is 41.9 Å². The summed E-state index contributed by atoms with van der Waals surface area (Å²) in [5.74, 6) is -1.54. The molecule has 4 rings (SSSR count). The van der Waals surface area contributed by atoms with E-state index in [1.807, 2.05) is 12.1 Å². The molecule has 0 spiro atoms. The van der Waals surface area contributed by atoms with Crippen LogP contribution in [0.5, 0.6) is 0 Å². The van der Waals surface area contributed by atoms with E-state index in [2.05, 4.69) is 10.3 Å². The molecule has 1 heterocycles. The van der Waals surface area contributed by atoms with Crippen LogP contribution in [0.4, 0.5) is 8.78 Å². The average molecular weight is 600 g/mol. The van der Waals surface area contributed by atoms with Crippen LogP contribution in [-0.2, 0) is 35.2 Å². The molecule has 0 saturated heterocycles. The standard InChI is InChI=1S/C31H36F2N3O5P/c1-29(2,3)40-42(38,41-30(4,5)6)31(32,33)25-18-17-23(36-27-16-12-11-15-26(27)34-35-36)19-22(25)20-24(28(37)39-7)21-13-9-8-10-14-21/h8-19,24H,20H2,1-7H3. The minimum Gasteiger partial charge on any atom is -0.469 e. The number of benzene rings is 3. The zero-order valence-electron chi connectivity index (χ0n) is 24.8. The van der Waals surface area contributed by atoms with Crippen LogP contribution in [0, 0.1) is 0 Å². The number of hydrogen-bond donors (Lipinski definition) is 0. The van der Waals surface area contributed by atoms with Crippen LogP contribution >= 0.6 is 7.60 Å². The molecular weight excluding hydrogens is 563 g/mol. The third-order valence-electron chi connectivity index (χ3n) is 6.25. The Hall–Kier alpha value is -3.46. The molecular formula is C31H36F2N3O5P. The summed E-state index contributed by atoms with van der Waals surface area (Å²) in [6.07, 6.45) is -0.187. The van der Waals surface area contributed by atoms with E-state index in [1.165, 1.54) is 71.5 Å². The average Bonchev–Trinajstić information content (AvgIpc) is 3.33. The number of hydrogen-bond acceptors (Lipinski definition) is 7. The van der Waals surface area contributed by atoms with E-state index in [-0.39, 0.29) is 12.0 Å². The molecule has 4 aromatic rings. The van der Waals surface area contributed by atoms with Gasteiger partial charge >= 0.3 is 19.2 Å². The highest BCUT2D eigenvalue weighted by Crippen LogP contribution is 2.70. The van der Waals surface area contributed by atoms with Gasteiger partial charge in [-0.15, -0.1) is 5.10 Å². The topological polar surface area (TPSA) is 92.5 Å². The number of ether oxygens (including phenoxy) is 1. The summed E-state index contributed by atoms with van der Waals surface area (Å²) in [5, 5.41) is 8.39. The Morgan fingerprint density at radius 3 is 2.10 bits per heavy atom. The van der Waals surface area contributed by atoms with Gasteiger partial charge in [0.1, 0.15) is 5.52 Å². The van der Waals surface area contributed by atoms with Crippen LogP contribution in [0.2, 0.25) is 0 Å². The Morgan fingerprint density at radius 1 is 0.905 bits per heavy atom. The highest BCUT2D eigenvalue weighted by Gasteiger charge is 2.59. The second-order valence-electron chi connectivity index (χ2n) is 12.0. The Bertz CT molecular complexity index is 1590. The molecule has 0 aliphatic heterocycles. The molecule has 0 aliphatic carbocycles. The molecule has 0 saturated carbocycles. The van der Waals surface area contributed by atoms with Gasteiger partial charge in [-0.1, -0.05) is 47.7 Å². The van der Waals surface area contributed by atoms with Gasteiger partial charge in [0, 0.05) is 5.56 Å². The van der Waals surface area contributed by atoms with Crippen molar-refractivity contribution in [1.29, 1.82) is 0 Å². The molecule has 1 unspecified atom stereocenters. The Labute approximate surface area is 244 Å². The van der Waals surface area contributed by atoms with Crippen LogP contribution in [0.3, 0.4) is 0 Å². The van der Waals surface area contributed by atoms with Crippen molar-refractivity contribution in [2.45, 2.75) is 70.7 Å². The lowest BCUT2D eigenvalue weighted by Crippen LogP contribution is -2.31. The number of fused-ring (bicyclic) bond motifs is 1. The molecule has 1 atom stereocenters. The molecule has 0 N–H and O–H groups in total. The van der Waals surface area contributed by atoms with Crippen LogP contribution in [0.15, 0.2) is 72.8 Å². The number of methoxy groups -OCH3 is 1. The summed E-state index contributed by atoms with van der Waals surface area (Å²) in [4.78, 5) is 13.0. The number of carbonyl (C=O) groups is 1. The summed E-state index contributed by atoms with van der Waals surface area (Å²) in [6, 6.07) is 20.1. The van der Waals surface area contributed by atoms with E-state index in [0.717, 1.165) is 0 Å². The number of halogens is 2. The molecule has 0 bridgehead atoms. The highest BCUT2D eigenvalue weighted by molar-refractivity contribution is 7.54. The van der Waals surface area contributed by atoms with Gasteiger partial charge in [-0.2, -0.15) is 8.78 Å². The Morgan fingerprint density at radius 2 is 1.50 bits per heavy atom. The van der Waals surface area contributed by atoms with E-state index >= 15 is 8.78 Å². The molecule has 0 amide bonds. The van der Waals surface area contributed by atoms with E-state index in [1.54, 1.807) is 42.5 Å². The SMILES string of the molecule is COC(=O)C(Cc1cc(-n2nnc3ccccc32)ccc1C(F)(F)P(=O)(OC(C)(C)C)OC(C)(C)C)c1ccccc1. The second kappa shape index (κ2) is 11.7. The van der Waals surface area contributed by atoms with E-state index in [0.29, 0.717) is 22.3 Å². The van der Waals surface area contributed by atoms with Crippen molar-refractivity contribution < 1.29 is 31.9 Å². The fourth-order valence-electron chi connectivity index (χ4n) is 4.62. The Balaban J connectivity index is 1.94. The summed E-state index contributed by atoms with van der Waals surface area (Å²) >= 11 is 0. The Kier molecular flexibility index (Phi) is 8.74. The first-order chi connectivity index (χ1) is 19.5. The van der Waals surface area contributed by atoms with Gasteiger partial charge in [-0.25, -0.2) is 4.68 Å². The molecule has 11 heteroatoms. The predicted octanol–water partition coefficient (Wildman–Crippen LogP) is 7.79. The van der Waals surface area contributed by atoms with Gasteiger partial charge < -0.3 is 4.74 Å². The highest BCUT2D eigenvalue weighted by atomic mass is 31.2. The minimum atomic E-state index is -5.16. The van der Waals surface area contributed by atoms with Crippen LogP contribution in [-0.4, -0.2) is 39.3 Å². The number of rotatable bonds is 9. The number of aromatic nitrogens is 3. The fourth-order valence-corrected chi connectivity index (χ4v) is 6.84. The van der Waals surface area contributed by atoms with Gasteiger partial charge in [0.15, 0.2) is 0 Å². The van der Waals surface area contributed by atoms with Gasteiger partial charge in [0.25, 0.3) is 0 Å². The molecule has 8 nitrogen and oxygen atoms in total. The van der Waals surface area contributed by atoms with Crippen molar-refractivity contribution in [3.8, 4) is 5.69 Å². The van der Waals surface area contributed by atoms with E-state index in [9.17, 15) is 9.36 Å². The first-order valence-corrected chi connectivity index (χ1v) is 15.1. The normalized spacial score (nSPS) is 13.7. The first kappa shape index (κ1) is 31.5. The third kappa shape index (κ3) is 6.77. The number of carbonyl (C=O) groups excluding carboxylic acids is 1. The zero-order chi connectivity index (χ0) is 30.9. The molecule has 3 aromatic carbocycles. The predicted molar refractivity (Wildman–Crippen MR) is 157 cm³/mol. The largest absolute Gasteiger partial charge is 0.469 e. The van der Waals surface area contributed by atoms with Gasteiger partial charge in [-0.3, -0.25) is 18.4 Å². The summed E-state index contributed by atoms with van der Waals surface area (Å²) in [7, 11) is -3.91. The van der Waals surface area contributed by atoms with Gasteiger partial charge in [-0.05, 0) is 89.4 Å². The smallest absolute Gasteiger partial charge is 0.405 e.